The predicted molar refractivity (Wildman–Crippen MR) is 141 cm³/mol. The lowest BCUT2D eigenvalue weighted by Gasteiger charge is -2.38. The molecule has 0 spiro atoms. The summed E-state index contributed by atoms with van der Waals surface area (Å²) < 4.78 is 21.4. The molecule has 3 aromatic carbocycles. The number of ether oxygens (including phenoxy) is 1. The van der Waals surface area contributed by atoms with Gasteiger partial charge in [0.05, 0.1) is 18.3 Å². The number of rotatable bonds is 7. The van der Waals surface area contributed by atoms with Crippen molar-refractivity contribution in [2.45, 2.75) is 12.6 Å². The fourth-order valence-corrected chi connectivity index (χ4v) is 4.92. The van der Waals surface area contributed by atoms with Crippen LogP contribution in [0.5, 0.6) is 0 Å². The summed E-state index contributed by atoms with van der Waals surface area (Å²) >= 11 is 0. The number of aromatic nitrogens is 1. The molecular weight excluding hydrogens is 471 g/mol. The molecule has 2 heterocycles. The lowest BCUT2D eigenvalue weighted by Crippen LogP contribution is -2.49. The van der Waals surface area contributed by atoms with Gasteiger partial charge in [0.2, 0.25) is 5.91 Å². The molecule has 0 aliphatic carbocycles. The Morgan fingerprint density at radius 2 is 1.84 bits per heavy atom. The van der Waals surface area contributed by atoms with E-state index in [2.05, 4.69) is 9.88 Å². The van der Waals surface area contributed by atoms with Gasteiger partial charge in [-0.1, -0.05) is 48.5 Å². The van der Waals surface area contributed by atoms with Gasteiger partial charge in [0, 0.05) is 44.0 Å². The molecule has 5 rings (SSSR count). The SMILES string of the molecule is COCCN(CC(=O)N1CCn2cccc2C1c1cccc(F)c1)C(=O)Nc1cccc2ccccc12. The highest BCUT2D eigenvalue weighted by atomic mass is 19.1. The molecule has 1 aliphatic heterocycles. The van der Waals surface area contributed by atoms with Gasteiger partial charge in [-0.05, 0) is 41.3 Å². The minimum absolute atomic E-state index is 0.132. The first-order valence-corrected chi connectivity index (χ1v) is 12.3. The van der Waals surface area contributed by atoms with E-state index in [-0.39, 0.29) is 37.5 Å². The van der Waals surface area contributed by atoms with Crippen LogP contribution >= 0.6 is 0 Å². The molecule has 0 fully saturated rings. The number of fused-ring (bicyclic) bond motifs is 2. The van der Waals surface area contributed by atoms with Crippen LogP contribution in [0, 0.1) is 5.82 Å². The van der Waals surface area contributed by atoms with Crippen molar-refractivity contribution in [1.82, 2.24) is 14.4 Å². The first kappa shape index (κ1) is 24.5. The molecule has 1 aliphatic rings. The molecule has 0 bridgehead atoms. The van der Waals surface area contributed by atoms with Gasteiger partial charge in [-0.15, -0.1) is 0 Å². The molecule has 4 aromatic rings. The van der Waals surface area contributed by atoms with Crippen molar-refractivity contribution in [3.63, 3.8) is 0 Å². The van der Waals surface area contributed by atoms with Crippen LogP contribution in [0.4, 0.5) is 14.9 Å². The van der Waals surface area contributed by atoms with E-state index < -0.39 is 6.04 Å². The summed E-state index contributed by atoms with van der Waals surface area (Å²) in [6, 6.07) is 22.9. The number of hydrogen-bond acceptors (Lipinski definition) is 3. The topological polar surface area (TPSA) is 66.8 Å². The Labute approximate surface area is 215 Å². The molecule has 8 heteroatoms. The second-order valence-corrected chi connectivity index (χ2v) is 9.04. The summed E-state index contributed by atoms with van der Waals surface area (Å²) in [7, 11) is 1.56. The molecule has 0 radical (unpaired) electrons. The highest BCUT2D eigenvalue weighted by Crippen LogP contribution is 2.33. The monoisotopic (exact) mass is 500 g/mol. The third-order valence-corrected chi connectivity index (χ3v) is 6.73. The van der Waals surface area contributed by atoms with Crippen LogP contribution < -0.4 is 5.32 Å². The molecule has 37 heavy (non-hydrogen) atoms. The van der Waals surface area contributed by atoms with Crippen molar-refractivity contribution in [3.8, 4) is 0 Å². The van der Waals surface area contributed by atoms with Crippen LogP contribution in [-0.4, -0.2) is 59.7 Å². The van der Waals surface area contributed by atoms with Crippen LogP contribution in [-0.2, 0) is 16.1 Å². The van der Waals surface area contributed by atoms with Crippen LogP contribution in [0.15, 0.2) is 85.1 Å². The molecule has 0 saturated carbocycles. The molecule has 7 nitrogen and oxygen atoms in total. The fourth-order valence-electron chi connectivity index (χ4n) is 4.92. The first-order valence-electron chi connectivity index (χ1n) is 12.3. The van der Waals surface area contributed by atoms with Crippen LogP contribution in [0.25, 0.3) is 10.8 Å². The maximum atomic E-state index is 14.1. The summed E-state index contributed by atoms with van der Waals surface area (Å²) in [5.74, 6) is -0.573. The van der Waals surface area contributed by atoms with Crippen molar-refractivity contribution in [2.24, 2.45) is 0 Å². The lowest BCUT2D eigenvalue weighted by molar-refractivity contribution is -0.134. The smallest absolute Gasteiger partial charge is 0.322 e. The van der Waals surface area contributed by atoms with Gasteiger partial charge in [-0.2, -0.15) is 0 Å². The summed E-state index contributed by atoms with van der Waals surface area (Å²) in [6.07, 6.45) is 1.96. The quantitative estimate of drug-likeness (QED) is 0.393. The second-order valence-electron chi connectivity index (χ2n) is 9.04. The summed E-state index contributed by atoms with van der Waals surface area (Å²) in [6.45, 7) is 1.47. The van der Waals surface area contributed by atoms with Crippen molar-refractivity contribution in [2.75, 3.05) is 38.7 Å². The number of carbonyl (C=O) groups excluding carboxylic acids is 2. The number of nitrogens with zero attached hydrogens (tertiary/aromatic N) is 3. The largest absolute Gasteiger partial charge is 0.383 e. The summed E-state index contributed by atoms with van der Waals surface area (Å²) in [5, 5.41) is 4.90. The molecule has 1 unspecified atom stereocenters. The predicted octanol–water partition coefficient (Wildman–Crippen LogP) is 4.89. The third kappa shape index (κ3) is 5.20. The van der Waals surface area contributed by atoms with E-state index in [0.29, 0.717) is 24.3 Å². The van der Waals surface area contributed by atoms with E-state index in [1.807, 2.05) is 66.9 Å². The van der Waals surface area contributed by atoms with Gasteiger partial charge in [0.15, 0.2) is 0 Å². The fraction of sp³-hybridized carbons (Fsp3) is 0.241. The molecule has 3 amide bonds. The summed E-state index contributed by atoms with van der Waals surface area (Å²) in [5.41, 5.74) is 2.27. The third-order valence-electron chi connectivity index (χ3n) is 6.73. The molecular formula is C29H29FN4O3. The van der Waals surface area contributed by atoms with E-state index >= 15 is 0 Å². The normalized spacial score (nSPS) is 14.9. The van der Waals surface area contributed by atoms with Crippen LogP contribution in [0.3, 0.4) is 0 Å². The Kier molecular flexibility index (Phi) is 7.18. The zero-order chi connectivity index (χ0) is 25.8. The first-order chi connectivity index (χ1) is 18.0. The Morgan fingerprint density at radius 3 is 2.68 bits per heavy atom. The average molecular weight is 501 g/mol. The Bertz CT molecular complexity index is 1410. The maximum absolute atomic E-state index is 14.1. The number of anilines is 1. The van der Waals surface area contributed by atoms with E-state index in [1.165, 1.54) is 17.0 Å². The van der Waals surface area contributed by atoms with Gasteiger partial charge in [0.1, 0.15) is 12.4 Å². The minimum atomic E-state index is -0.447. The van der Waals surface area contributed by atoms with Crippen LogP contribution in [0.2, 0.25) is 0 Å². The zero-order valence-electron chi connectivity index (χ0n) is 20.6. The number of urea groups is 1. The van der Waals surface area contributed by atoms with Gasteiger partial charge in [-0.3, -0.25) is 4.79 Å². The van der Waals surface area contributed by atoms with E-state index in [1.54, 1.807) is 18.1 Å². The zero-order valence-corrected chi connectivity index (χ0v) is 20.6. The highest BCUT2D eigenvalue weighted by Gasteiger charge is 2.33. The Hall–Kier alpha value is -4.17. The van der Waals surface area contributed by atoms with Gasteiger partial charge < -0.3 is 24.4 Å². The van der Waals surface area contributed by atoms with E-state index in [4.69, 9.17) is 4.74 Å². The second kappa shape index (κ2) is 10.8. The molecule has 1 aromatic heterocycles. The number of nitrogens with one attached hydrogen (secondary N) is 1. The molecule has 190 valence electrons. The van der Waals surface area contributed by atoms with E-state index in [0.717, 1.165) is 16.5 Å². The molecule has 1 atom stereocenters. The van der Waals surface area contributed by atoms with E-state index in [9.17, 15) is 14.0 Å². The highest BCUT2D eigenvalue weighted by molar-refractivity contribution is 6.02. The number of hydrogen-bond donors (Lipinski definition) is 1. The number of halogens is 1. The molecule has 1 N–H and O–H groups in total. The van der Waals surface area contributed by atoms with Crippen molar-refractivity contribution in [3.05, 3.63) is 102 Å². The van der Waals surface area contributed by atoms with Crippen molar-refractivity contribution in [1.29, 1.82) is 0 Å². The average Bonchev–Trinajstić information content (AvgIpc) is 3.39. The van der Waals surface area contributed by atoms with Gasteiger partial charge >= 0.3 is 6.03 Å². The van der Waals surface area contributed by atoms with Crippen LogP contribution in [0.1, 0.15) is 17.3 Å². The lowest BCUT2D eigenvalue weighted by atomic mass is 9.99. The van der Waals surface area contributed by atoms with Gasteiger partial charge in [-0.25, -0.2) is 9.18 Å². The summed E-state index contributed by atoms with van der Waals surface area (Å²) in [4.78, 5) is 30.3. The Morgan fingerprint density at radius 1 is 1.03 bits per heavy atom. The Balaban J connectivity index is 1.39. The number of amides is 3. The van der Waals surface area contributed by atoms with Gasteiger partial charge in [0.25, 0.3) is 0 Å². The number of benzene rings is 3. The number of methoxy groups -OCH3 is 1. The van der Waals surface area contributed by atoms with Crippen molar-refractivity contribution < 1.29 is 18.7 Å². The molecule has 0 saturated heterocycles. The van der Waals surface area contributed by atoms with Crippen molar-refractivity contribution >= 4 is 28.4 Å². The minimum Gasteiger partial charge on any atom is -0.383 e. The number of carbonyl (C=O) groups is 2. The maximum Gasteiger partial charge on any atom is 0.322 e. The standard InChI is InChI=1S/C29H29FN4O3/c1-37-18-17-33(29(36)31-25-12-5-8-21-7-2-3-11-24(21)25)20-27(35)34-16-15-32-14-6-13-26(32)28(34)22-9-4-10-23(30)19-22/h2-14,19,28H,15-18,20H2,1H3,(H,31,36).